The third kappa shape index (κ3) is 3.05. The molecule has 0 aromatic rings. The molecule has 0 amide bonds. The molecule has 160 valence electrons. The van der Waals surface area contributed by atoms with E-state index >= 15 is 0 Å². The molecule has 10 atom stereocenters. The van der Waals surface area contributed by atoms with Gasteiger partial charge < -0.3 is 15.3 Å². The zero-order chi connectivity index (χ0) is 20.3. The van der Waals surface area contributed by atoms with Crippen molar-refractivity contribution in [3.63, 3.8) is 0 Å². The molecule has 0 aliphatic heterocycles. The van der Waals surface area contributed by atoms with Crippen molar-refractivity contribution in [2.24, 2.45) is 46.3 Å². The van der Waals surface area contributed by atoms with Crippen LogP contribution < -0.4 is 0 Å². The molecule has 3 N–H and O–H groups in total. The maximum atomic E-state index is 11.5. The minimum absolute atomic E-state index is 0.0591. The summed E-state index contributed by atoms with van der Waals surface area (Å²) in [6.45, 7) is 6.99. The maximum Gasteiger partial charge on any atom is 0.303 e. The van der Waals surface area contributed by atoms with Gasteiger partial charge in [0.1, 0.15) is 0 Å². The molecule has 4 nitrogen and oxygen atoms in total. The first-order chi connectivity index (χ1) is 13.2. The summed E-state index contributed by atoms with van der Waals surface area (Å²) in [5.74, 6) is 2.55. The van der Waals surface area contributed by atoms with E-state index < -0.39 is 5.97 Å². The highest BCUT2D eigenvalue weighted by Crippen LogP contribution is 2.68. The molecule has 0 spiro atoms. The van der Waals surface area contributed by atoms with Crippen LogP contribution in [-0.4, -0.2) is 33.5 Å². The molecule has 4 saturated carbocycles. The monoisotopic (exact) mass is 392 g/mol. The van der Waals surface area contributed by atoms with Crippen molar-refractivity contribution < 1.29 is 20.1 Å². The normalized spacial score (nSPS) is 51.7. The molecule has 0 radical (unpaired) electrons. The number of rotatable bonds is 4. The Kier molecular flexibility index (Phi) is 5.36. The molecule has 0 heterocycles. The number of aliphatic carboxylic acids is 1. The van der Waals surface area contributed by atoms with Crippen molar-refractivity contribution in [3.05, 3.63) is 0 Å². The maximum absolute atomic E-state index is 11.5. The van der Waals surface area contributed by atoms with E-state index in [1.807, 2.05) is 0 Å². The molecule has 0 aromatic carbocycles. The number of carbonyl (C=O) groups is 1. The van der Waals surface area contributed by atoms with Gasteiger partial charge in [0, 0.05) is 6.42 Å². The number of hydrogen-bond acceptors (Lipinski definition) is 3. The minimum Gasteiger partial charge on any atom is -0.481 e. The van der Waals surface area contributed by atoms with Crippen LogP contribution in [0.5, 0.6) is 0 Å². The van der Waals surface area contributed by atoms with Gasteiger partial charge in [0.05, 0.1) is 12.2 Å². The molecule has 4 fully saturated rings. The number of aliphatic hydroxyl groups is 2. The summed E-state index contributed by atoms with van der Waals surface area (Å²) in [6.07, 6.45) is 9.26. The van der Waals surface area contributed by atoms with Crippen LogP contribution in [0.2, 0.25) is 0 Å². The highest BCUT2D eigenvalue weighted by Gasteiger charge is 2.63. The van der Waals surface area contributed by atoms with E-state index in [1.165, 1.54) is 19.3 Å². The van der Waals surface area contributed by atoms with Crippen molar-refractivity contribution >= 4 is 5.97 Å². The second kappa shape index (κ2) is 7.27. The Morgan fingerprint density at radius 3 is 2.50 bits per heavy atom. The number of carboxylic acid groups (broad SMARTS) is 1. The first-order valence-corrected chi connectivity index (χ1v) is 11.8. The standard InChI is InChI=1S/C24H40O4/c1-14(4-9-22(27)28)18-7-8-19-17-6-5-15-12-16(25)10-11-23(15,2)20(17)13-21(26)24(18,19)3/h14-21,25-26H,4-13H2,1-3H3,(H,27,28)/t14?,15-,16?,17+,18?,19?,20?,21?,23+,24-/m1/s1. The molecule has 4 aliphatic rings. The van der Waals surface area contributed by atoms with Crippen LogP contribution in [0.25, 0.3) is 0 Å². The number of hydrogen-bond donors (Lipinski definition) is 3. The van der Waals surface area contributed by atoms with Gasteiger partial charge in [-0.2, -0.15) is 0 Å². The van der Waals surface area contributed by atoms with Crippen LogP contribution in [0.3, 0.4) is 0 Å². The lowest BCUT2D eigenvalue weighted by molar-refractivity contribution is -0.175. The Morgan fingerprint density at radius 2 is 1.79 bits per heavy atom. The van der Waals surface area contributed by atoms with Crippen molar-refractivity contribution in [2.45, 2.75) is 97.2 Å². The van der Waals surface area contributed by atoms with Gasteiger partial charge in [-0.3, -0.25) is 4.79 Å². The van der Waals surface area contributed by atoms with Gasteiger partial charge >= 0.3 is 5.97 Å². The zero-order valence-electron chi connectivity index (χ0n) is 17.9. The SMILES string of the molecule is CC(CCC(=O)O)C1CCC2[C@@H]3CC[C@@H]4CC(O)CC[C@]4(C)C3CC(O)[C@]12C. The Bertz CT molecular complexity index is 605. The Balaban J connectivity index is 1.56. The summed E-state index contributed by atoms with van der Waals surface area (Å²) in [4.78, 5) is 11.1. The van der Waals surface area contributed by atoms with Gasteiger partial charge in [-0.1, -0.05) is 20.8 Å². The zero-order valence-corrected chi connectivity index (χ0v) is 17.9. The molecule has 28 heavy (non-hydrogen) atoms. The van der Waals surface area contributed by atoms with Gasteiger partial charge in [-0.15, -0.1) is 0 Å². The van der Waals surface area contributed by atoms with E-state index in [1.54, 1.807) is 0 Å². The molecule has 4 rings (SSSR count). The summed E-state index contributed by atoms with van der Waals surface area (Å²) < 4.78 is 0. The van der Waals surface area contributed by atoms with Gasteiger partial charge in [-0.25, -0.2) is 0 Å². The predicted molar refractivity (Wildman–Crippen MR) is 109 cm³/mol. The Labute approximate surface area is 170 Å². The molecule has 4 aliphatic carbocycles. The smallest absolute Gasteiger partial charge is 0.303 e. The highest BCUT2D eigenvalue weighted by atomic mass is 16.4. The first kappa shape index (κ1) is 20.7. The number of carboxylic acids is 1. The van der Waals surface area contributed by atoms with E-state index in [9.17, 15) is 15.0 Å². The fourth-order valence-electron chi connectivity index (χ4n) is 8.71. The number of aliphatic hydroxyl groups excluding tert-OH is 2. The lowest BCUT2D eigenvalue weighted by Gasteiger charge is -2.62. The van der Waals surface area contributed by atoms with Crippen molar-refractivity contribution in [1.82, 2.24) is 0 Å². The van der Waals surface area contributed by atoms with Crippen LogP contribution in [-0.2, 0) is 4.79 Å². The third-order valence-electron chi connectivity index (χ3n) is 10.3. The molecular formula is C24H40O4. The topological polar surface area (TPSA) is 77.8 Å². The summed E-state index contributed by atoms with van der Waals surface area (Å²) >= 11 is 0. The van der Waals surface area contributed by atoms with E-state index in [2.05, 4.69) is 20.8 Å². The molecular weight excluding hydrogens is 352 g/mol. The second-order valence-corrected chi connectivity index (χ2v) is 11.3. The van der Waals surface area contributed by atoms with Gasteiger partial charge in [0.2, 0.25) is 0 Å². The molecule has 0 bridgehead atoms. The van der Waals surface area contributed by atoms with Crippen molar-refractivity contribution in [1.29, 1.82) is 0 Å². The minimum atomic E-state index is -0.707. The van der Waals surface area contributed by atoms with Gasteiger partial charge in [-0.05, 0) is 104 Å². The summed E-state index contributed by atoms with van der Waals surface area (Å²) in [5, 5.41) is 30.8. The lowest BCUT2D eigenvalue weighted by atomic mass is 9.43. The average Bonchev–Trinajstić information content (AvgIpc) is 3.00. The molecule has 0 aromatic heterocycles. The Hall–Kier alpha value is -0.610. The Morgan fingerprint density at radius 1 is 1.04 bits per heavy atom. The first-order valence-electron chi connectivity index (χ1n) is 11.8. The van der Waals surface area contributed by atoms with E-state index in [-0.39, 0.29) is 29.5 Å². The van der Waals surface area contributed by atoms with Crippen LogP contribution in [0.4, 0.5) is 0 Å². The van der Waals surface area contributed by atoms with Gasteiger partial charge in [0.25, 0.3) is 0 Å². The summed E-state index contributed by atoms with van der Waals surface area (Å²) in [5.41, 5.74) is 0.216. The summed E-state index contributed by atoms with van der Waals surface area (Å²) in [7, 11) is 0. The average molecular weight is 393 g/mol. The lowest BCUT2D eigenvalue weighted by Crippen LogP contribution is -2.58. The van der Waals surface area contributed by atoms with Crippen molar-refractivity contribution in [3.8, 4) is 0 Å². The van der Waals surface area contributed by atoms with Crippen LogP contribution in [0.15, 0.2) is 0 Å². The molecule has 4 heteroatoms. The summed E-state index contributed by atoms with van der Waals surface area (Å²) in [6, 6.07) is 0. The van der Waals surface area contributed by atoms with E-state index in [0.29, 0.717) is 35.5 Å². The largest absolute Gasteiger partial charge is 0.481 e. The van der Waals surface area contributed by atoms with E-state index in [0.717, 1.165) is 38.5 Å². The van der Waals surface area contributed by atoms with Crippen LogP contribution in [0.1, 0.15) is 85.0 Å². The van der Waals surface area contributed by atoms with Crippen LogP contribution >= 0.6 is 0 Å². The molecule has 0 saturated heterocycles. The quantitative estimate of drug-likeness (QED) is 0.659. The van der Waals surface area contributed by atoms with Crippen molar-refractivity contribution in [2.75, 3.05) is 0 Å². The third-order valence-corrected chi connectivity index (χ3v) is 10.3. The molecule has 6 unspecified atom stereocenters. The fourth-order valence-corrected chi connectivity index (χ4v) is 8.71. The second-order valence-electron chi connectivity index (χ2n) is 11.3. The van der Waals surface area contributed by atoms with Crippen LogP contribution in [0, 0.1) is 46.3 Å². The van der Waals surface area contributed by atoms with E-state index in [4.69, 9.17) is 5.11 Å². The fraction of sp³-hybridized carbons (Fsp3) is 0.958. The van der Waals surface area contributed by atoms with Gasteiger partial charge in [0.15, 0.2) is 0 Å². The predicted octanol–water partition coefficient (Wildman–Crippen LogP) is 4.48. The number of fused-ring (bicyclic) bond motifs is 5. The highest BCUT2D eigenvalue weighted by molar-refractivity contribution is 5.66.